The molecule has 0 saturated carbocycles. The number of ketones is 3. The van der Waals surface area contributed by atoms with Crippen molar-refractivity contribution in [3.05, 3.63) is 16.9 Å². The molecule has 0 atom stereocenters. The molecule has 2 aliphatic rings. The minimum absolute atomic E-state index is 0.0174. The van der Waals surface area contributed by atoms with Crippen LogP contribution in [0.4, 0.5) is 0 Å². The summed E-state index contributed by atoms with van der Waals surface area (Å²) in [6.07, 6.45) is 0.780. The number of carbonyl (C=O) groups excluding carboxylic acids is 3. The predicted molar refractivity (Wildman–Crippen MR) is 41.2 cm³/mol. The average Bonchev–Trinajstić information content (AvgIpc) is 2.27. The third-order valence-corrected chi connectivity index (χ3v) is 2.00. The SMILES string of the molecule is O=C1C=C2C(=O)C[N+]([O-])=C2C(=O)C1. The Morgan fingerprint density at radius 3 is 2.62 bits per heavy atom. The van der Waals surface area contributed by atoms with Crippen LogP contribution >= 0.6 is 0 Å². The van der Waals surface area contributed by atoms with Gasteiger partial charge in [0.2, 0.25) is 18.1 Å². The van der Waals surface area contributed by atoms with Gasteiger partial charge in [0.15, 0.2) is 5.78 Å². The lowest BCUT2D eigenvalue weighted by molar-refractivity contribution is -0.437. The Bertz CT molecular complexity index is 402. The van der Waals surface area contributed by atoms with Crippen LogP contribution in [-0.4, -0.2) is 34.3 Å². The van der Waals surface area contributed by atoms with Crippen molar-refractivity contribution < 1.29 is 19.1 Å². The van der Waals surface area contributed by atoms with E-state index >= 15 is 0 Å². The largest absolute Gasteiger partial charge is 0.623 e. The monoisotopic (exact) mass is 179 g/mol. The van der Waals surface area contributed by atoms with Gasteiger partial charge in [-0.2, -0.15) is 4.74 Å². The lowest BCUT2D eigenvalue weighted by Crippen LogP contribution is -2.27. The van der Waals surface area contributed by atoms with Crippen molar-refractivity contribution in [2.75, 3.05) is 6.54 Å². The van der Waals surface area contributed by atoms with Crippen molar-refractivity contribution >= 4 is 23.1 Å². The van der Waals surface area contributed by atoms with E-state index in [1.165, 1.54) is 0 Å². The smallest absolute Gasteiger partial charge is 0.266 e. The van der Waals surface area contributed by atoms with E-state index in [-0.39, 0.29) is 24.3 Å². The Labute approximate surface area is 72.9 Å². The fourth-order valence-corrected chi connectivity index (χ4v) is 1.45. The highest BCUT2D eigenvalue weighted by molar-refractivity contribution is 6.56. The molecule has 1 aliphatic carbocycles. The van der Waals surface area contributed by atoms with Crippen molar-refractivity contribution in [1.29, 1.82) is 0 Å². The molecular weight excluding hydrogens is 174 g/mol. The first-order chi connectivity index (χ1) is 6.09. The third-order valence-electron chi connectivity index (χ3n) is 2.00. The summed E-state index contributed by atoms with van der Waals surface area (Å²) in [5, 5.41) is 11.0. The Kier molecular flexibility index (Phi) is 1.42. The van der Waals surface area contributed by atoms with Gasteiger partial charge >= 0.3 is 0 Å². The Hall–Kier alpha value is -1.78. The van der Waals surface area contributed by atoms with Gasteiger partial charge in [0.05, 0.1) is 6.42 Å². The van der Waals surface area contributed by atoms with Crippen LogP contribution in [0.5, 0.6) is 0 Å². The van der Waals surface area contributed by atoms with E-state index in [4.69, 9.17) is 0 Å². The van der Waals surface area contributed by atoms with Gasteiger partial charge in [0.25, 0.3) is 5.71 Å². The lowest BCUT2D eigenvalue weighted by Gasteiger charge is -2.03. The summed E-state index contributed by atoms with van der Waals surface area (Å²) >= 11 is 0. The van der Waals surface area contributed by atoms with Crippen LogP contribution in [0.2, 0.25) is 0 Å². The summed E-state index contributed by atoms with van der Waals surface area (Å²) < 4.78 is 0.350. The highest BCUT2D eigenvalue weighted by Gasteiger charge is 2.41. The Balaban J connectivity index is 2.61. The molecule has 13 heavy (non-hydrogen) atoms. The zero-order valence-corrected chi connectivity index (χ0v) is 6.57. The van der Waals surface area contributed by atoms with Crippen molar-refractivity contribution in [2.24, 2.45) is 0 Å². The standard InChI is InChI=1S/C8H5NO4/c10-4-1-5-7(12)3-9(13)8(5)6(11)2-4/h1H,2-3H2. The van der Waals surface area contributed by atoms with Gasteiger partial charge < -0.3 is 5.21 Å². The second-order valence-electron chi connectivity index (χ2n) is 2.93. The van der Waals surface area contributed by atoms with E-state index < -0.39 is 17.3 Å². The molecule has 0 unspecified atom stereocenters. The van der Waals surface area contributed by atoms with Gasteiger partial charge in [0, 0.05) is 0 Å². The molecule has 5 heteroatoms. The normalized spacial score (nSPS) is 22.2. The first kappa shape index (κ1) is 7.85. The summed E-state index contributed by atoms with van der Waals surface area (Å²) in [5.41, 5.74) is -0.166. The number of Topliss-reactive ketones (excluding diaryl/α,β-unsaturated/α-hetero) is 2. The molecule has 0 N–H and O–H groups in total. The van der Waals surface area contributed by atoms with Gasteiger partial charge in [-0.05, 0) is 6.08 Å². The quantitative estimate of drug-likeness (QED) is 0.271. The molecule has 0 aromatic carbocycles. The first-order valence-electron chi connectivity index (χ1n) is 3.72. The van der Waals surface area contributed by atoms with Gasteiger partial charge in [-0.3, -0.25) is 14.4 Å². The summed E-state index contributed by atoms with van der Waals surface area (Å²) in [6.45, 7) is -0.347. The van der Waals surface area contributed by atoms with Gasteiger partial charge in [-0.1, -0.05) is 0 Å². The zero-order valence-electron chi connectivity index (χ0n) is 6.57. The van der Waals surface area contributed by atoms with E-state index in [9.17, 15) is 19.6 Å². The van der Waals surface area contributed by atoms with Gasteiger partial charge in [-0.15, -0.1) is 0 Å². The molecular formula is C8H5NO4. The molecule has 0 spiro atoms. The zero-order chi connectivity index (χ0) is 9.59. The van der Waals surface area contributed by atoms with E-state index in [2.05, 4.69) is 0 Å². The summed E-state index contributed by atoms with van der Waals surface area (Å²) in [6, 6.07) is 0. The Morgan fingerprint density at radius 2 is 1.92 bits per heavy atom. The topological polar surface area (TPSA) is 77.3 Å². The molecule has 0 amide bonds. The van der Waals surface area contributed by atoms with Crippen LogP contribution in [0.1, 0.15) is 6.42 Å². The maximum atomic E-state index is 11.1. The fourth-order valence-electron chi connectivity index (χ4n) is 1.45. The number of rotatable bonds is 0. The molecule has 1 aliphatic heterocycles. The number of nitrogens with zero attached hydrogens (tertiary/aromatic N) is 1. The number of allylic oxidation sites excluding steroid dienone is 1. The van der Waals surface area contributed by atoms with E-state index in [0.29, 0.717) is 4.74 Å². The maximum absolute atomic E-state index is 11.1. The van der Waals surface area contributed by atoms with Crippen LogP contribution in [-0.2, 0) is 14.4 Å². The minimum atomic E-state index is -0.552. The molecule has 0 bridgehead atoms. The third kappa shape index (κ3) is 1.00. The second-order valence-corrected chi connectivity index (χ2v) is 2.93. The highest BCUT2D eigenvalue weighted by Crippen LogP contribution is 2.16. The van der Waals surface area contributed by atoms with E-state index in [1.54, 1.807) is 0 Å². The van der Waals surface area contributed by atoms with Crippen molar-refractivity contribution in [1.82, 2.24) is 0 Å². The maximum Gasteiger partial charge on any atom is 0.266 e. The van der Waals surface area contributed by atoms with Crippen molar-refractivity contribution in [3.8, 4) is 0 Å². The number of hydrogen-bond acceptors (Lipinski definition) is 4. The summed E-state index contributed by atoms with van der Waals surface area (Å²) in [7, 11) is 0. The van der Waals surface area contributed by atoms with Crippen LogP contribution in [0, 0.1) is 5.21 Å². The number of hydroxylamine groups is 1. The molecule has 0 radical (unpaired) electrons. The first-order valence-corrected chi connectivity index (χ1v) is 3.72. The predicted octanol–water partition coefficient (Wildman–Crippen LogP) is -1.01. The molecule has 1 heterocycles. The van der Waals surface area contributed by atoms with Gasteiger partial charge in [-0.25, -0.2) is 0 Å². The lowest BCUT2D eigenvalue weighted by atomic mass is 9.94. The number of carbonyl (C=O) groups is 3. The molecule has 5 nitrogen and oxygen atoms in total. The molecule has 0 aromatic heterocycles. The van der Waals surface area contributed by atoms with E-state index in [0.717, 1.165) is 6.08 Å². The van der Waals surface area contributed by atoms with Crippen LogP contribution in [0.15, 0.2) is 11.6 Å². The highest BCUT2D eigenvalue weighted by atomic mass is 16.5. The molecule has 2 rings (SSSR count). The minimum Gasteiger partial charge on any atom is -0.623 e. The second kappa shape index (κ2) is 2.35. The molecule has 0 fully saturated rings. The number of hydrogen-bond donors (Lipinski definition) is 0. The summed E-state index contributed by atoms with van der Waals surface area (Å²) in [4.78, 5) is 33.1. The van der Waals surface area contributed by atoms with Crippen LogP contribution in [0.25, 0.3) is 0 Å². The molecule has 0 aromatic rings. The van der Waals surface area contributed by atoms with Crippen molar-refractivity contribution in [3.63, 3.8) is 0 Å². The van der Waals surface area contributed by atoms with Crippen molar-refractivity contribution in [2.45, 2.75) is 6.42 Å². The summed E-state index contributed by atoms with van der Waals surface area (Å²) in [5.74, 6) is -1.41. The average molecular weight is 179 g/mol. The van der Waals surface area contributed by atoms with E-state index in [1.807, 2.05) is 0 Å². The Morgan fingerprint density at radius 1 is 1.23 bits per heavy atom. The fraction of sp³-hybridized carbons (Fsp3) is 0.250. The van der Waals surface area contributed by atoms with Crippen LogP contribution in [0.3, 0.4) is 0 Å². The van der Waals surface area contributed by atoms with Gasteiger partial charge in [0.1, 0.15) is 5.57 Å². The molecule has 66 valence electrons. The van der Waals surface area contributed by atoms with Crippen LogP contribution < -0.4 is 0 Å². The molecule has 0 saturated heterocycles. The number of fused-ring (bicyclic) bond motifs is 1.